The van der Waals surface area contributed by atoms with Gasteiger partial charge in [0.15, 0.2) is 0 Å². The van der Waals surface area contributed by atoms with E-state index in [1.54, 1.807) is 61.5 Å². The first-order valence-corrected chi connectivity index (χ1v) is 13.3. The fourth-order valence-corrected chi connectivity index (χ4v) is 5.14. The van der Waals surface area contributed by atoms with Gasteiger partial charge < -0.3 is 14.6 Å². The third-order valence-electron chi connectivity index (χ3n) is 5.24. The molecule has 3 aromatic carbocycles. The molecule has 0 radical (unpaired) electrons. The van der Waals surface area contributed by atoms with Gasteiger partial charge in [-0.3, -0.25) is 4.79 Å². The SMILES string of the molecule is CCOC(=O)C1=C(O)/C(=C/c2ccc(OCc3ccc(F)cc3)c(Br)c2)SC1=NC(=O)c1ccccc1Cl. The van der Waals surface area contributed by atoms with Gasteiger partial charge in [0.2, 0.25) is 0 Å². The molecule has 0 fully saturated rings. The molecule has 194 valence electrons. The summed E-state index contributed by atoms with van der Waals surface area (Å²) < 4.78 is 24.7. The number of hydrogen-bond donors (Lipinski definition) is 1. The van der Waals surface area contributed by atoms with E-state index in [0.717, 1.165) is 17.3 Å². The largest absolute Gasteiger partial charge is 0.506 e. The zero-order valence-corrected chi connectivity index (χ0v) is 23.1. The number of carbonyl (C=O) groups is 2. The summed E-state index contributed by atoms with van der Waals surface area (Å²) in [4.78, 5) is 29.8. The number of aliphatic imine (C=N–C) groups is 1. The van der Waals surface area contributed by atoms with Gasteiger partial charge >= 0.3 is 5.97 Å². The van der Waals surface area contributed by atoms with Crippen LogP contribution < -0.4 is 4.74 Å². The van der Waals surface area contributed by atoms with Crippen LogP contribution in [-0.2, 0) is 16.1 Å². The van der Waals surface area contributed by atoms with Crippen LogP contribution in [0.2, 0.25) is 5.02 Å². The number of aliphatic hydroxyl groups is 1. The summed E-state index contributed by atoms with van der Waals surface area (Å²) in [6.45, 7) is 1.97. The molecule has 0 bridgehead atoms. The molecule has 1 N–H and O–H groups in total. The number of nitrogens with zero attached hydrogens (tertiary/aromatic N) is 1. The lowest BCUT2D eigenvalue weighted by atomic mass is 10.1. The van der Waals surface area contributed by atoms with Gasteiger partial charge in [-0.05, 0) is 76.5 Å². The van der Waals surface area contributed by atoms with Gasteiger partial charge in [-0.1, -0.05) is 53.7 Å². The van der Waals surface area contributed by atoms with Crippen LogP contribution in [0.25, 0.3) is 6.08 Å². The average Bonchev–Trinajstić information content (AvgIpc) is 3.19. The van der Waals surface area contributed by atoms with Crippen molar-refractivity contribution in [2.45, 2.75) is 13.5 Å². The summed E-state index contributed by atoms with van der Waals surface area (Å²) in [6, 6.07) is 17.7. The highest BCUT2D eigenvalue weighted by Gasteiger charge is 2.34. The number of esters is 1. The molecular weight excluding hydrogens is 597 g/mol. The van der Waals surface area contributed by atoms with Crippen molar-refractivity contribution in [2.75, 3.05) is 6.61 Å². The Morgan fingerprint density at radius 3 is 2.55 bits per heavy atom. The maximum absolute atomic E-state index is 13.1. The molecular formula is C28H20BrClFNO5S. The Hall–Kier alpha value is -3.40. The monoisotopic (exact) mass is 615 g/mol. The smallest absolute Gasteiger partial charge is 0.344 e. The second-order valence-electron chi connectivity index (χ2n) is 7.86. The van der Waals surface area contributed by atoms with Gasteiger partial charge in [0.25, 0.3) is 5.91 Å². The maximum Gasteiger partial charge on any atom is 0.344 e. The van der Waals surface area contributed by atoms with Crippen LogP contribution >= 0.6 is 39.3 Å². The molecule has 3 aromatic rings. The first-order valence-electron chi connectivity index (χ1n) is 11.3. The van der Waals surface area contributed by atoms with Crippen molar-refractivity contribution in [3.63, 3.8) is 0 Å². The predicted molar refractivity (Wildman–Crippen MR) is 150 cm³/mol. The molecule has 10 heteroatoms. The number of aliphatic hydroxyl groups excluding tert-OH is 1. The van der Waals surface area contributed by atoms with Gasteiger partial charge in [-0.2, -0.15) is 0 Å². The van der Waals surface area contributed by atoms with Crippen LogP contribution in [0.15, 0.2) is 92.4 Å². The van der Waals surface area contributed by atoms with E-state index in [1.807, 2.05) is 0 Å². The molecule has 0 saturated heterocycles. The second kappa shape index (κ2) is 12.4. The van der Waals surface area contributed by atoms with E-state index < -0.39 is 11.9 Å². The number of ether oxygens (including phenoxy) is 2. The number of carbonyl (C=O) groups excluding carboxylic acids is 2. The highest BCUT2D eigenvalue weighted by molar-refractivity contribution is 9.10. The van der Waals surface area contributed by atoms with E-state index in [0.29, 0.717) is 20.7 Å². The highest BCUT2D eigenvalue weighted by Crippen LogP contribution is 2.40. The fraction of sp³-hybridized carbons (Fsp3) is 0.107. The van der Waals surface area contributed by atoms with Gasteiger partial charge in [0.05, 0.1) is 26.6 Å². The lowest BCUT2D eigenvalue weighted by Gasteiger charge is -2.09. The molecule has 0 aliphatic carbocycles. The minimum Gasteiger partial charge on any atom is -0.506 e. The minimum absolute atomic E-state index is 0.00966. The van der Waals surface area contributed by atoms with Crippen LogP contribution in [-0.4, -0.2) is 28.6 Å². The highest BCUT2D eigenvalue weighted by atomic mass is 79.9. The Morgan fingerprint density at radius 1 is 1.13 bits per heavy atom. The molecule has 0 saturated carbocycles. The van der Waals surface area contributed by atoms with Crippen molar-refractivity contribution in [1.82, 2.24) is 0 Å². The summed E-state index contributed by atoms with van der Waals surface area (Å²) >= 11 is 10.6. The number of hydrogen-bond acceptors (Lipinski definition) is 6. The molecule has 6 nitrogen and oxygen atoms in total. The van der Waals surface area contributed by atoms with Gasteiger partial charge in [-0.25, -0.2) is 14.2 Å². The van der Waals surface area contributed by atoms with Crippen LogP contribution in [0.3, 0.4) is 0 Å². The zero-order chi connectivity index (χ0) is 27.2. The topological polar surface area (TPSA) is 85.2 Å². The Kier molecular flexibility index (Phi) is 9.04. The van der Waals surface area contributed by atoms with Crippen molar-refractivity contribution < 1.29 is 28.6 Å². The maximum atomic E-state index is 13.1. The van der Waals surface area contributed by atoms with Gasteiger partial charge in [0, 0.05) is 0 Å². The van der Waals surface area contributed by atoms with Crippen LogP contribution in [0, 0.1) is 5.82 Å². The first-order chi connectivity index (χ1) is 18.3. The average molecular weight is 617 g/mol. The molecule has 1 aliphatic rings. The van der Waals surface area contributed by atoms with Crippen LogP contribution in [0.4, 0.5) is 4.39 Å². The normalized spacial score (nSPS) is 15.3. The van der Waals surface area contributed by atoms with Crippen molar-refractivity contribution in [3.8, 4) is 5.75 Å². The number of halogens is 3. The molecule has 1 heterocycles. The molecule has 1 aliphatic heterocycles. The number of benzene rings is 3. The molecule has 0 aromatic heterocycles. The number of amides is 1. The van der Waals surface area contributed by atoms with E-state index in [4.69, 9.17) is 21.1 Å². The van der Waals surface area contributed by atoms with Crippen molar-refractivity contribution in [1.29, 1.82) is 0 Å². The summed E-state index contributed by atoms with van der Waals surface area (Å²) in [5, 5.41) is 11.1. The van der Waals surface area contributed by atoms with Crippen molar-refractivity contribution in [3.05, 3.63) is 115 Å². The molecule has 0 atom stereocenters. The van der Waals surface area contributed by atoms with Crippen molar-refractivity contribution in [2.24, 2.45) is 4.99 Å². The minimum atomic E-state index is -0.794. The van der Waals surface area contributed by atoms with Gasteiger partial charge in [-0.15, -0.1) is 0 Å². The predicted octanol–water partition coefficient (Wildman–Crippen LogP) is 7.52. The summed E-state index contributed by atoms with van der Waals surface area (Å²) in [6.07, 6.45) is 1.65. The van der Waals surface area contributed by atoms with E-state index in [1.165, 1.54) is 18.2 Å². The number of rotatable bonds is 7. The molecule has 38 heavy (non-hydrogen) atoms. The molecule has 0 unspecified atom stereocenters. The second-order valence-corrected chi connectivity index (χ2v) is 10.2. The summed E-state index contributed by atoms with van der Waals surface area (Å²) in [5.41, 5.74) is 1.47. The molecule has 1 amide bonds. The van der Waals surface area contributed by atoms with E-state index in [9.17, 15) is 19.1 Å². The van der Waals surface area contributed by atoms with E-state index in [2.05, 4.69) is 20.9 Å². The van der Waals surface area contributed by atoms with E-state index >= 15 is 0 Å². The Bertz CT molecular complexity index is 1490. The fourth-order valence-electron chi connectivity index (χ4n) is 3.40. The van der Waals surface area contributed by atoms with Crippen LogP contribution in [0.1, 0.15) is 28.4 Å². The lowest BCUT2D eigenvalue weighted by Crippen LogP contribution is -2.14. The Morgan fingerprint density at radius 2 is 1.87 bits per heavy atom. The third kappa shape index (κ3) is 6.53. The molecule has 4 rings (SSSR count). The van der Waals surface area contributed by atoms with E-state index in [-0.39, 0.29) is 46.0 Å². The summed E-state index contributed by atoms with van der Waals surface area (Å²) in [5.74, 6) is -1.54. The lowest BCUT2D eigenvalue weighted by molar-refractivity contribution is -0.138. The Labute approximate surface area is 236 Å². The van der Waals surface area contributed by atoms with Crippen LogP contribution in [0.5, 0.6) is 5.75 Å². The van der Waals surface area contributed by atoms with Crippen molar-refractivity contribution >= 4 is 62.3 Å². The zero-order valence-electron chi connectivity index (χ0n) is 19.9. The standard InChI is InChI=1S/C28H20BrClFNO5S/c1-2-36-28(35)24-25(33)23(38-27(24)32-26(34)19-5-3-4-6-21(19)30)14-17-9-12-22(20(29)13-17)37-15-16-7-10-18(31)11-8-16/h3-14,33H,2,15H2,1H3/b23-14-,32-27?. The molecule has 0 spiro atoms. The quantitative estimate of drug-likeness (QED) is 0.276. The first kappa shape index (κ1) is 27.6. The number of thioether (sulfide) groups is 1. The Balaban J connectivity index is 1.59. The summed E-state index contributed by atoms with van der Waals surface area (Å²) in [7, 11) is 0. The van der Waals surface area contributed by atoms with Gasteiger partial charge in [0.1, 0.15) is 34.5 Å². The third-order valence-corrected chi connectivity index (χ3v) is 7.21.